The first-order valence-corrected chi connectivity index (χ1v) is 8.52. The molecule has 2 aromatic carbocycles. The molecule has 6 nitrogen and oxygen atoms in total. The van der Waals surface area contributed by atoms with E-state index in [9.17, 15) is 9.59 Å². The summed E-state index contributed by atoms with van der Waals surface area (Å²) in [6.45, 7) is 2.46. The second-order valence-electron chi connectivity index (χ2n) is 6.20. The number of imidazole rings is 1. The average Bonchev–Trinajstić information content (AvgIpc) is 2.95. The van der Waals surface area contributed by atoms with Gasteiger partial charge in [-0.15, -0.1) is 0 Å². The van der Waals surface area contributed by atoms with E-state index in [2.05, 4.69) is 15.6 Å². The van der Waals surface area contributed by atoms with E-state index in [1.165, 1.54) is 0 Å². The van der Waals surface area contributed by atoms with Gasteiger partial charge in [-0.1, -0.05) is 12.1 Å². The number of rotatable bonds is 5. The molecule has 1 aromatic heterocycles. The van der Waals surface area contributed by atoms with Gasteiger partial charge in [0.15, 0.2) is 0 Å². The van der Waals surface area contributed by atoms with Crippen LogP contribution in [0.25, 0.3) is 11.0 Å². The molecule has 0 unspecified atom stereocenters. The average molecular weight is 350 g/mol. The van der Waals surface area contributed by atoms with Gasteiger partial charge in [0.05, 0.1) is 11.0 Å². The molecule has 134 valence electrons. The van der Waals surface area contributed by atoms with Gasteiger partial charge < -0.3 is 15.2 Å². The lowest BCUT2D eigenvalue weighted by Gasteiger charge is -2.07. The van der Waals surface area contributed by atoms with Gasteiger partial charge in [0.2, 0.25) is 0 Å². The zero-order chi connectivity index (χ0) is 18.7. The van der Waals surface area contributed by atoms with E-state index < -0.39 is 0 Å². The van der Waals surface area contributed by atoms with Crippen LogP contribution in [0, 0.1) is 6.92 Å². The third kappa shape index (κ3) is 3.59. The first-order valence-electron chi connectivity index (χ1n) is 8.52. The summed E-state index contributed by atoms with van der Waals surface area (Å²) in [5, 5.41) is 5.52. The maximum absolute atomic E-state index is 12.4. The summed E-state index contributed by atoms with van der Waals surface area (Å²) >= 11 is 0. The largest absolute Gasteiger partial charge is 0.355 e. The fraction of sp³-hybridized carbons (Fsp3) is 0.250. The SMILES string of the molecule is CNC(=O)c1ccc(CCNC(=O)c2ccc3c(c2)nc(C)n3C)cc1. The van der Waals surface area contributed by atoms with Gasteiger partial charge in [-0.2, -0.15) is 0 Å². The Hall–Kier alpha value is -3.15. The van der Waals surface area contributed by atoms with Gasteiger partial charge in [-0.25, -0.2) is 4.98 Å². The highest BCUT2D eigenvalue weighted by Gasteiger charge is 2.10. The summed E-state index contributed by atoms with van der Waals surface area (Å²) in [7, 11) is 3.56. The van der Waals surface area contributed by atoms with Crippen molar-refractivity contribution >= 4 is 22.8 Å². The number of carbonyl (C=O) groups is 2. The normalized spacial score (nSPS) is 10.7. The number of amides is 2. The quantitative estimate of drug-likeness (QED) is 0.741. The van der Waals surface area contributed by atoms with Crippen molar-refractivity contribution in [1.82, 2.24) is 20.2 Å². The number of fused-ring (bicyclic) bond motifs is 1. The summed E-state index contributed by atoms with van der Waals surface area (Å²) in [4.78, 5) is 28.3. The van der Waals surface area contributed by atoms with Gasteiger partial charge >= 0.3 is 0 Å². The number of hydrogen-bond acceptors (Lipinski definition) is 3. The van der Waals surface area contributed by atoms with Gasteiger partial charge in [0, 0.05) is 31.8 Å². The molecule has 2 N–H and O–H groups in total. The Bertz CT molecular complexity index is 958. The number of benzene rings is 2. The topological polar surface area (TPSA) is 76.0 Å². The van der Waals surface area contributed by atoms with Crippen LogP contribution in [-0.4, -0.2) is 35.0 Å². The molecule has 0 atom stereocenters. The number of nitrogens with zero attached hydrogens (tertiary/aromatic N) is 2. The smallest absolute Gasteiger partial charge is 0.251 e. The van der Waals surface area contributed by atoms with E-state index in [4.69, 9.17) is 0 Å². The number of carbonyl (C=O) groups excluding carboxylic acids is 2. The fourth-order valence-corrected chi connectivity index (χ4v) is 2.85. The highest BCUT2D eigenvalue weighted by molar-refractivity contribution is 5.97. The minimum atomic E-state index is -0.114. The molecule has 6 heteroatoms. The van der Waals surface area contributed by atoms with Crippen LogP contribution in [0.1, 0.15) is 32.1 Å². The monoisotopic (exact) mass is 350 g/mol. The van der Waals surface area contributed by atoms with E-state index in [0.717, 1.165) is 22.4 Å². The minimum absolute atomic E-state index is 0.106. The Morgan fingerprint density at radius 2 is 1.73 bits per heavy atom. The maximum atomic E-state index is 12.4. The molecule has 26 heavy (non-hydrogen) atoms. The second-order valence-corrected chi connectivity index (χ2v) is 6.20. The zero-order valence-corrected chi connectivity index (χ0v) is 15.2. The highest BCUT2D eigenvalue weighted by Crippen LogP contribution is 2.16. The molecule has 0 saturated heterocycles. The first-order chi connectivity index (χ1) is 12.5. The maximum Gasteiger partial charge on any atom is 0.251 e. The third-order valence-corrected chi connectivity index (χ3v) is 4.51. The molecule has 0 bridgehead atoms. The Morgan fingerprint density at radius 1 is 1.04 bits per heavy atom. The Kier molecular flexibility index (Phi) is 5.02. The molecular formula is C20H22N4O2. The van der Waals surface area contributed by atoms with Crippen LogP contribution < -0.4 is 10.6 Å². The predicted octanol–water partition coefficient (Wildman–Crippen LogP) is 2.21. The lowest BCUT2D eigenvalue weighted by Crippen LogP contribution is -2.25. The Morgan fingerprint density at radius 3 is 2.42 bits per heavy atom. The van der Waals surface area contributed by atoms with Crippen molar-refractivity contribution < 1.29 is 9.59 Å². The predicted molar refractivity (Wildman–Crippen MR) is 101 cm³/mol. The van der Waals surface area contributed by atoms with Crippen LogP contribution in [0.15, 0.2) is 42.5 Å². The molecular weight excluding hydrogens is 328 g/mol. The number of hydrogen-bond donors (Lipinski definition) is 2. The molecule has 0 aliphatic rings. The first kappa shape index (κ1) is 17.7. The van der Waals surface area contributed by atoms with Crippen molar-refractivity contribution in [3.05, 3.63) is 65.0 Å². The summed E-state index contributed by atoms with van der Waals surface area (Å²) in [6, 6.07) is 12.9. The molecule has 0 aliphatic heterocycles. The molecule has 0 saturated carbocycles. The molecule has 1 heterocycles. The standard InChI is InChI=1S/C20H22N4O2/c1-13-23-17-12-16(8-9-18(17)24(13)3)20(26)22-11-10-14-4-6-15(7-5-14)19(25)21-2/h4-9,12H,10-11H2,1-3H3,(H,21,25)(H,22,26). The Labute approximate surface area is 152 Å². The molecule has 0 aliphatic carbocycles. The molecule has 2 amide bonds. The fourth-order valence-electron chi connectivity index (χ4n) is 2.85. The van der Waals surface area contributed by atoms with E-state index in [1.54, 1.807) is 19.2 Å². The summed E-state index contributed by atoms with van der Waals surface area (Å²) in [5.41, 5.74) is 4.12. The van der Waals surface area contributed by atoms with Crippen molar-refractivity contribution in [2.45, 2.75) is 13.3 Å². The molecule has 0 spiro atoms. The number of nitrogens with one attached hydrogen (secondary N) is 2. The lowest BCUT2D eigenvalue weighted by molar-refractivity contribution is 0.0950. The molecule has 0 radical (unpaired) electrons. The van der Waals surface area contributed by atoms with Gasteiger partial charge in [0.1, 0.15) is 5.82 Å². The van der Waals surface area contributed by atoms with Gasteiger partial charge in [0.25, 0.3) is 11.8 Å². The van der Waals surface area contributed by atoms with Crippen LogP contribution in [0.3, 0.4) is 0 Å². The molecule has 0 fully saturated rings. The van der Waals surface area contributed by atoms with E-state index >= 15 is 0 Å². The van der Waals surface area contributed by atoms with E-state index in [-0.39, 0.29) is 11.8 Å². The number of aromatic nitrogens is 2. The van der Waals surface area contributed by atoms with Crippen LogP contribution in [-0.2, 0) is 13.5 Å². The lowest BCUT2D eigenvalue weighted by atomic mass is 10.1. The highest BCUT2D eigenvalue weighted by atomic mass is 16.2. The minimum Gasteiger partial charge on any atom is -0.355 e. The van der Waals surface area contributed by atoms with Crippen molar-refractivity contribution in [2.24, 2.45) is 7.05 Å². The van der Waals surface area contributed by atoms with E-state index in [0.29, 0.717) is 24.1 Å². The van der Waals surface area contributed by atoms with Gasteiger partial charge in [-0.05, 0) is 49.2 Å². The third-order valence-electron chi connectivity index (χ3n) is 4.51. The zero-order valence-electron chi connectivity index (χ0n) is 15.2. The van der Waals surface area contributed by atoms with Crippen LogP contribution in [0.5, 0.6) is 0 Å². The van der Waals surface area contributed by atoms with E-state index in [1.807, 2.05) is 48.9 Å². The van der Waals surface area contributed by atoms with Crippen molar-refractivity contribution in [3.63, 3.8) is 0 Å². The molecule has 3 rings (SSSR count). The van der Waals surface area contributed by atoms with Crippen LogP contribution in [0.2, 0.25) is 0 Å². The number of aryl methyl sites for hydroxylation is 2. The Balaban J connectivity index is 1.59. The summed E-state index contributed by atoms with van der Waals surface area (Å²) in [6.07, 6.45) is 0.699. The van der Waals surface area contributed by atoms with Crippen LogP contribution >= 0.6 is 0 Å². The van der Waals surface area contributed by atoms with Crippen molar-refractivity contribution in [1.29, 1.82) is 0 Å². The van der Waals surface area contributed by atoms with Crippen LogP contribution in [0.4, 0.5) is 0 Å². The van der Waals surface area contributed by atoms with Crippen molar-refractivity contribution in [3.8, 4) is 0 Å². The van der Waals surface area contributed by atoms with Crippen molar-refractivity contribution in [2.75, 3.05) is 13.6 Å². The van der Waals surface area contributed by atoms with Gasteiger partial charge in [-0.3, -0.25) is 9.59 Å². The summed E-state index contributed by atoms with van der Waals surface area (Å²) in [5.74, 6) is 0.694. The summed E-state index contributed by atoms with van der Waals surface area (Å²) < 4.78 is 2.00. The molecule has 3 aromatic rings. The second kappa shape index (κ2) is 7.39.